The first-order chi connectivity index (χ1) is 6.84. The summed E-state index contributed by atoms with van der Waals surface area (Å²) < 4.78 is 4.92. The Bertz CT molecular complexity index is 226. The van der Waals surface area contributed by atoms with Gasteiger partial charge in [0, 0.05) is 20.3 Å². The van der Waals surface area contributed by atoms with Gasteiger partial charge in [-0.3, -0.25) is 0 Å². The predicted molar refractivity (Wildman–Crippen MR) is 58.6 cm³/mol. The minimum absolute atomic E-state index is 0.385. The van der Waals surface area contributed by atoms with Crippen molar-refractivity contribution < 1.29 is 9.84 Å². The second-order valence-electron chi connectivity index (χ2n) is 3.12. The van der Waals surface area contributed by atoms with Gasteiger partial charge in [0.25, 0.3) is 0 Å². The lowest BCUT2D eigenvalue weighted by atomic mass is 10.2. The number of methoxy groups -OCH3 is 1. The van der Waals surface area contributed by atoms with E-state index in [0.29, 0.717) is 6.54 Å². The minimum Gasteiger partial charge on any atom is -0.387 e. The van der Waals surface area contributed by atoms with Crippen LogP contribution >= 0.6 is 11.3 Å². The van der Waals surface area contributed by atoms with Crippen LogP contribution in [0.5, 0.6) is 0 Å². The third kappa shape index (κ3) is 4.19. The molecule has 0 spiro atoms. The van der Waals surface area contributed by atoms with Crippen LogP contribution in [0.4, 0.5) is 0 Å². The molecule has 14 heavy (non-hydrogen) atoms. The number of hydrogen-bond donors (Lipinski definition) is 2. The van der Waals surface area contributed by atoms with Crippen LogP contribution in [-0.4, -0.2) is 31.9 Å². The summed E-state index contributed by atoms with van der Waals surface area (Å²) >= 11 is 1.61. The van der Waals surface area contributed by atoms with Crippen LogP contribution in [-0.2, 0) is 4.74 Å². The van der Waals surface area contributed by atoms with Crippen molar-refractivity contribution in [3.8, 4) is 0 Å². The van der Waals surface area contributed by atoms with Gasteiger partial charge in [-0.2, -0.15) is 11.3 Å². The van der Waals surface area contributed by atoms with E-state index in [-0.39, 0.29) is 6.10 Å². The van der Waals surface area contributed by atoms with Gasteiger partial charge in [0.05, 0.1) is 6.10 Å². The van der Waals surface area contributed by atoms with Crippen molar-refractivity contribution in [1.29, 1.82) is 0 Å². The molecule has 1 rings (SSSR count). The summed E-state index contributed by atoms with van der Waals surface area (Å²) in [4.78, 5) is 0. The Labute approximate surface area is 88.7 Å². The van der Waals surface area contributed by atoms with E-state index < -0.39 is 0 Å². The number of aliphatic hydroxyl groups excluding tert-OH is 1. The molecule has 0 saturated carbocycles. The molecule has 1 heterocycles. The topological polar surface area (TPSA) is 41.5 Å². The molecule has 0 aliphatic heterocycles. The molecule has 1 aromatic heterocycles. The summed E-state index contributed by atoms with van der Waals surface area (Å²) in [5.41, 5.74) is 0.995. The predicted octanol–water partition coefficient (Wildman–Crippen LogP) is 1.41. The highest BCUT2D eigenvalue weighted by Gasteiger charge is 2.05. The molecule has 0 saturated heterocycles. The molecular weight excluding hydrogens is 198 g/mol. The summed E-state index contributed by atoms with van der Waals surface area (Å²) in [5.74, 6) is 0. The molecule has 1 unspecified atom stereocenters. The lowest BCUT2D eigenvalue weighted by Crippen LogP contribution is -2.23. The van der Waals surface area contributed by atoms with Crippen LogP contribution in [0.15, 0.2) is 16.8 Å². The molecule has 0 aliphatic carbocycles. The second-order valence-corrected chi connectivity index (χ2v) is 3.90. The molecule has 80 valence electrons. The molecule has 0 fully saturated rings. The van der Waals surface area contributed by atoms with Crippen LogP contribution in [0.3, 0.4) is 0 Å². The third-order valence-corrected chi connectivity index (χ3v) is 2.67. The standard InChI is InChI=1S/C10H17NO2S/c1-13-5-2-4-11-7-10(12)9-3-6-14-8-9/h3,6,8,10-12H,2,4-5,7H2,1H3. The zero-order chi connectivity index (χ0) is 10.2. The maximum absolute atomic E-state index is 9.68. The van der Waals surface area contributed by atoms with Crippen LogP contribution in [0.1, 0.15) is 18.1 Å². The highest BCUT2D eigenvalue weighted by atomic mass is 32.1. The van der Waals surface area contributed by atoms with E-state index in [0.717, 1.165) is 25.1 Å². The van der Waals surface area contributed by atoms with E-state index in [1.165, 1.54) is 0 Å². The molecule has 1 atom stereocenters. The fraction of sp³-hybridized carbons (Fsp3) is 0.600. The normalized spacial score (nSPS) is 13.0. The van der Waals surface area contributed by atoms with Gasteiger partial charge in [0.15, 0.2) is 0 Å². The Morgan fingerprint density at radius 2 is 2.50 bits per heavy atom. The zero-order valence-corrected chi connectivity index (χ0v) is 9.22. The average Bonchev–Trinajstić information content (AvgIpc) is 2.70. The number of hydrogen-bond acceptors (Lipinski definition) is 4. The van der Waals surface area contributed by atoms with Crippen LogP contribution in [0, 0.1) is 0 Å². The highest BCUT2D eigenvalue weighted by Crippen LogP contribution is 2.14. The van der Waals surface area contributed by atoms with Crippen LogP contribution in [0.25, 0.3) is 0 Å². The van der Waals surface area contributed by atoms with E-state index in [4.69, 9.17) is 4.74 Å². The third-order valence-electron chi connectivity index (χ3n) is 1.97. The molecule has 0 bridgehead atoms. The van der Waals surface area contributed by atoms with Crippen molar-refractivity contribution in [3.63, 3.8) is 0 Å². The van der Waals surface area contributed by atoms with Gasteiger partial charge in [-0.15, -0.1) is 0 Å². The number of rotatable bonds is 7. The van der Waals surface area contributed by atoms with Gasteiger partial charge in [0.2, 0.25) is 0 Å². The van der Waals surface area contributed by atoms with Crippen LogP contribution < -0.4 is 5.32 Å². The summed E-state index contributed by atoms with van der Waals surface area (Å²) in [5, 5.41) is 16.8. The maximum atomic E-state index is 9.68. The minimum atomic E-state index is -0.385. The average molecular weight is 215 g/mol. The van der Waals surface area contributed by atoms with E-state index in [2.05, 4.69) is 5.32 Å². The lowest BCUT2D eigenvalue weighted by molar-refractivity contribution is 0.168. The highest BCUT2D eigenvalue weighted by molar-refractivity contribution is 7.07. The Morgan fingerprint density at radius 1 is 1.64 bits per heavy atom. The Hall–Kier alpha value is -0.420. The van der Waals surface area contributed by atoms with Crippen molar-refractivity contribution in [3.05, 3.63) is 22.4 Å². The van der Waals surface area contributed by atoms with Gasteiger partial charge < -0.3 is 15.2 Å². The summed E-state index contributed by atoms with van der Waals surface area (Å²) in [7, 11) is 1.69. The van der Waals surface area contributed by atoms with Gasteiger partial charge in [-0.1, -0.05) is 0 Å². The fourth-order valence-electron chi connectivity index (χ4n) is 1.16. The molecule has 0 radical (unpaired) electrons. The number of aliphatic hydroxyl groups is 1. The first-order valence-electron chi connectivity index (χ1n) is 4.74. The van der Waals surface area contributed by atoms with Crippen molar-refractivity contribution >= 4 is 11.3 Å². The number of nitrogens with one attached hydrogen (secondary N) is 1. The number of thiophene rings is 1. The quantitative estimate of drug-likeness (QED) is 0.676. The monoisotopic (exact) mass is 215 g/mol. The van der Waals surface area contributed by atoms with Crippen molar-refractivity contribution in [2.75, 3.05) is 26.8 Å². The molecule has 0 amide bonds. The molecule has 1 aromatic rings. The van der Waals surface area contributed by atoms with Crippen molar-refractivity contribution in [1.82, 2.24) is 5.32 Å². The first-order valence-corrected chi connectivity index (χ1v) is 5.68. The molecule has 3 nitrogen and oxygen atoms in total. The van der Waals surface area contributed by atoms with Gasteiger partial charge in [0.1, 0.15) is 0 Å². The fourth-order valence-corrected chi connectivity index (χ4v) is 1.87. The Morgan fingerprint density at radius 3 is 3.14 bits per heavy atom. The summed E-state index contributed by atoms with van der Waals surface area (Å²) in [6.07, 6.45) is 0.594. The molecule has 0 aromatic carbocycles. The van der Waals surface area contributed by atoms with Crippen molar-refractivity contribution in [2.45, 2.75) is 12.5 Å². The maximum Gasteiger partial charge on any atom is 0.0922 e. The molecular formula is C10H17NO2S. The first kappa shape index (κ1) is 11.7. The van der Waals surface area contributed by atoms with E-state index >= 15 is 0 Å². The molecule has 4 heteroatoms. The Balaban J connectivity index is 2.07. The Kier molecular flexibility index (Phi) is 5.78. The second kappa shape index (κ2) is 6.95. The molecule has 0 aliphatic rings. The van der Waals surface area contributed by atoms with E-state index in [1.807, 2.05) is 16.8 Å². The zero-order valence-electron chi connectivity index (χ0n) is 8.40. The molecule has 2 N–H and O–H groups in total. The summed E-state index contributed by atoms with van der Waals surface area (Å²) in [6.45, 7) is 2.26. The summed E-state index contributed by atoms with van der Waals surface area (Å²) in [6, 6.07) is 1.95. The largest absolute Gasteiger partial charge is 0.387 e. The van der Waals surface area contributed by atoms with Crippen LogP contribution in [0.2, 0.25) is 0 Å². The van der Waals surface area contributed by atoms with Gasteiger partial charge in [-0.25, -0.2) is 0 Å². The van der Waals surface area contributed by atoms with E-state index in [1.54, 1.807) is 18.4 Å². The number of ether oxygens (including phenoxy) is 1. The van der Waals surface area contributed by atoms with Gasteiger partial charge in [-0.05, 0) is 35.4 Å². The van der Waals surface area contributed by atoms with Crippen molar-refractivity contribution in [2.24, 2.45) is 0 Å². The van der Waals surface area contributed by atoms with Gasteiger partial charge >= 0.3 is 0 Å². The van der Waals surface area contributed by atoms with E-state index in [9.17, 15) is 5.11 Å². The smallest absolute Gasteiger partial charge is 0.0922 e. The SMILES string of the molecule is COCCCNCC(O)c1ccsc1. The lowest BCUT2D eigenvalue weighted by Gasteiger charge is -2.09.